The third kappa shape index (κ3) is 4.88. The van der Waals surface area contributed by atoms with Crippen molar-refractivity contribution in [3.8, 4) is 5.75 Å². The van der Waals surface area contributed by atoms with Gasteiger partial charge < -0.3 is 14.2 Å². The smallest absolute Gasteiger partial charge is 0.227 e. The number of rotatable bonds is 8. The Labute approximate surface area is 213 Å². The second-order valence-electron chi connectivity index (χ2n) is 10.1. The van der Waals surface area contributed by atoms with Crippen molar-refractivity contribution in [1.29, 1.82) is 0 Å². The molecule has 4 aromatic rings. The van der Waals surface area contributed by atoms with E-state index < -0.39 is 0 Å². The quantitative estimate of drug-likeness (QED) is 0.265. The number of hydrogen-bond donors (Lipinski definition) is 0. The summed E-state index contributed by atoms with van der Waals surface area (Å²) in [6.45, 7) is 10.6. The van der Waals surface area contributed by atoms with Gasteiger partial charge in [0.2, 0.25) is 5.91 Å². The number of amides is 1. The highest BCUT2D eigenvalue weighted by Crippen LogP contribution is 2.34. The van der Waals surface area contributed by atoms with E-state index >= 15 is 0 Å². The van der Waals surface area contributed by atoms with Crippen molar-refractivity contribution in [1.82, 2.24) is 9.55 Å². The lowest BCUT2D eigenvalue weighted by atomic mass is 10.1. The average Bonchev–Trinajstić information content (AvgIpc) is 3.42. The Kier molecular flexibility index (Phi) is 6.82. The molecule has 5 nitrogen and oxygen atoms in total. The van der Waals surface area contributed by atoms with Crippen molar-refractivity contribution in [2.45, 2.75) is 59.4 Å². The molecule has 1 unspecified atom stereocenters. The van der Waals surface area contributed by atoms with E-state index in [0.29, 0.717) is 19.6 Å². The first-order chi connectivity index (χ1) is 17.4. The van der Waals surface area contributed by atoms with Crippen LogP contribution in [0.4, 0.5) is 5.69 Å². The molecule has 2 heterocycles. The maximum Gasteiger partial charge on any atom is 0.227 e. The fourth-order valence-corrected chi connectivity index (χ4v) is 5.18. The Hall–Kier alpha value is -3.60. The van der Waals surface area contributed by atoms with Gasteiger partial charge in [-0.2, -0.15) is 0 Å². The van der Waals surface area contributed by atoms with Crippen molar-refractivity contribution < 1.29 is 9.53 Å². The average molecular weight is 482 g/mol. The topological polar surface area (TPSA) is 47.4 Å². The predicted molar refractivity (Wildman–Crippen MR) is 146 cm³/mol. The van der Waals surface area contributed by atoms with Crippen LogP contribution in [-0.4, -0.2) is 28.6 Å². The van der Waals surface area contributed by atoms with Crippen LogP contribution in [0.5, 0.6) is 5.75 Å². The number of aryl methyl sites for hydroxylation is 5. The Morgan fingerprint density at radius 1 is 0.917 bits per heavy atom. The molecule has 5 heteroatoms. The largest absolute Gasteiger partial charge is 0.493 e. The van der Waals surface area contributed by atoms with Crippen molar-refractivity contribution in [2.24, 2.45) is 0 Å². The summed E-state index contributed by atoms with van der Waals surface area (Å²) in [4.78, 5) is 20.0. The fraction of sp³-hybridized carbons (Fsp3) is 0.355. The number of nitrogens with zero attached hydrogens (tertiary/aromatic N) is 3. The number of imidazole rings is 1. The van der Waals surface area contributed by atoms with Crippen LogP contribution in [-0.2, 0) is 11.3 Å². The molecule has 1 amide bonds. The zero-order valence-corrected chi connectivity index (χ0v) is 21.8. The number of ether oxygens (including phenoxy) is 1. The van der Waals surface area contributed by atoms with E-state index in [9.17, 15) is 4.79 Å². The van der Waals surface area contributed by atoms with E-state index in [2.05, 4.69) is 86.9 Å². The summed E-state index contributed by atoms with van der Waals surface area (Å²) in [5.74, 6) is 2.23. The highest BCUT2D eigenvalue weighted by atomic mass is 16.5. The Bertz CT molecular complexity index is 1400. The summed E-state index contributed by atoms with van der Waals surface area (Å²) in [6.07, 6.45) is 2.43. The standard InChI is InChI=1S/C31H35N3O2/c1-21-11-14-29(24(4)17-21)36-16-8-7-15-33-28-10-6-5-9-27(28)32-31(33)25-19-30(35)34(20-25)26-13-12-22(2)23(3)18-26/h5-6,9-14,17-18,25H,7-8,15-16,19-20H2,1-4H3. The normalized spacial score (nSPS) is 15.7. The lowest BCUT2D eigenvalue weighted by Gasteiger charge is -2.18. The van der Waals surface area contributed by atoms with Crippen LogP contribution < -0.4 is 9.64 Å². The Morgan fingerprint density at radius 2 is 1.75 bits per heavy atom. The van der Waals surface area contributed by atoms with Crippen molar-refractivity contribution in [3.05, 3.63) is 88.7 Å². The van der Waals surface area contributed by atoms with E-state index in [1.54, 1.807) is 0 Å². The molecule has 1 aliphatic heterocycles. The van der Waals surface area contributed by atoms with Gasteiger partial charge >= 0.3 is 0 Å². The van der Waals surface area contributed by atoms with Gasteiger partial charge in [0.25, 0.3) is 0 Å². The van der Waals surface area contributed by atoms with Crippen molar-refractivity contribution in [3.63, 3.8) is 0 Å². The molecule has 36 heavy (non-hydrogen) atoms. The van der Waals surface area contributed by atoms with Crippen LogP contribution in [0, 0.1) is 27.7 Å². The maximum atomic E-state index is 13.0. The van der Waals surface area contributed by atoms with E-state index in [1.807, 2.05) is 11.0 Å². The van der Waals surface area contributed by atoms with Gasteiger partial charge in [0.1, 0.15) is 11.6 Å². The third-order valence-corrected chi connectivity index (χ3v) is 7.34. The molecule has 1 fully saturated rings. The number of anilines is 1. The van der Waals surface area contributed by atoms with Crippen molar-refractivity contribution >= 4 is 22.6 Å². The lowest BCUT2D eigenvalue weighted by molar-refractivity contribution is -0.117. The van der Waals surface area contributed by atoms with Crippen LogP contribution in [0.2, 0.25) is 0 Å². The zero-order valence-electron chi connectivity index (χ0n) is 21.8. The second kappa shape index (κ2) is 10.2. The molecule has 0 bridgehead atoms. The van der Waals surface area contributed by atoms with Gasteiger partial charge in [-0.1, -0.05) is 35.9 Å². The first-order valence-corrected chi connectivity index (χ1v) is 12.9. The summed E-state index contributed by atoms with van der Waals surface area (Å²) < 4.78 is 8.38. The van der Waals surface area contributed by atoms with Gasteiger partial charge in [-0.05, 0) is 87.6 Å². The maximum absolute atomic E-state index is 13.0. The number of aromatic nitrogens is 2. The monoisotopic (exact) mass is 481 g/mol. The second-order valence-corrected chi connectivity index (χ2v) is 10.1. The van der Waals surface area contributed by atoms with Crippen LogP contribution in [0.15, 0.2) is 60.7 Å². The SMILES string of the molecule is Cc1ccc(OCCCCn2c(C3CC(=O)N(c4ccc(C)c(C)c4)C3)nc3ccccc32)c(C)c1. The summed E-state index contributed by atoms with van der Waals surface area (Å²) in [7, 11) is 0. The number of fused-ring (bicyclic) bond motifs is 1. The molecule has 3 aromatic carbocycles. The number of carbonyl (C=O) groups is 1. The number of benzene rings is 3. The van der Waals surface area contributed by atoms with Gasteiger partial charge in [0, 0.05) is 31.1 Å². The van der Waals surface area contributed by atoms with Gasteiger partial charge in [0.05, 0.1) is 17.6 Å². The molecule has 5 rings (SSSR count). The van der Waals surface area contributed by atoms with Crippen LogP contribution in [0.25, 0.3) is 11.0 Å². The van der Waals surface area contributed by atoms with Gasteiger partial charge in [-0.25, -0.2) is 4.98 Å². The minimum Gasteiger partial charge on any atom is -0.493 e. The molecule has 186 valence electrons. The highest BCUT2D eigenvalue weighted by Gasteiger charge is 2.34. The number of para-hydroxylation sites is 2. The van der Waals surface area contributed by atoms with Crippen LogP contribution in [0.3, 0.4) is 0 Å². The Morgan fingerprint density at radius 3 is 2.56 bits per heavy atom. The first kappa shape index (κ1) is 24.1. The summed E-state index contributed by atoms with van der Waals surface area (Å²) >= 11 is 0. The molecule has 1 atom stereocenters. The third-order valence-electron chi connectivity index (χ3n) is 7.34. The van der Waals surface area contributed by atoms with Crippen LogP contribution in [0.1, 0.15) is 53.3 Å². The molecular formula is C31H35N3O2. The minimum atomic E-state index is 0.0815. The molecule has 1 aliphatic rings. The van der Waals surface area contributed by atoms with E-state index in [0.717, 1.165) is 47.7 Å². The molecule has 0 N–H and O–H groups in total. The summed E-state index contributed by atoms with van der Waals surface area (Å²) in [5.41, 5.74) is 8.00. The van der Waals surface area contributed by atoms with E-state index in [4.69, 9.17) is 9.72 Å². The molecular weight excluding hydrogens is 446 g/mol. The first-order valence-electron chi connectivity index (χ1n) is 12.9. The minimum absolute atomic E-state index is 0.0815. The molecule has 0 radical (unpaired) electrons. The van der Waals surface area contributed by atoms with Gasteiger partial charge in [-0.3, -0.25) is 4.79 Å². The van der Waals surface area contributed by atoms with Crippen LogP contribution >= 0.6 is 0 Å². The van der Waals surface area contributed by atoms with Crippen molar-refractivity contribution in [2.75, 3.05) is 18.1 Å². The van der Waals surface area contributed by atoms with E-state index in [-0.39, 0.29) is 11.8 Å². The molecule has 0 spiro atoms. The highest BCUT2D eigenvalue weighted by molar-refractivity contribution is 5.96. The van der Waals surface area contributed by atoms with Gasteiger partial charge in [-0.15, -0.1) is 0 Å². The number of hydrogen-bond acceptors (Lipinski definition) is 3. The number of unbranched alkanes of at least 4 members (excludes halogenated alkanes) is 1. The molecule has 1 saturated heterocycles. The zero-order chi connectivity index (χ0) is 25.2. The summed E-state index contributed by atoms with van der Waals surface area (Å²) in [6, 6.07) is 20.9. The lowest BCUT2D eigenvalue weighted by Crippen LogP contribution is -2.24. The molecule has 1 aromatic heterocycles. The molecule has 0 aliphatic carbocycles. The van der Waals surface area contributed by atoms with Gasteiger partial charge in [0.15, 0.2) is 0 Å². The molecule has 0 saturated carbocycles. The Balaban J connectivity index is 1.29. The predicted octanol–water partition coefficient (Wildman–Crippen LogP) is 6.65. The number of carbonyl (C=O) groups excluding carboxylic acids is 1. The fourth-order valence-electron chi connectivity index (χ4n) is 5.18. The van der Waals surface area contributed by atoms with E-state index in [1.165, 1.54) is 22.3 Å². The summed E-state index contributed by atoms with van der Waals surface area (Å²) in [5, 5.41) is 0.